The summed E-state index contributed by atoms with van der Waals surface area (Å²) in [6, 6.07) is 0. The van der Waals surface area contributed by atoms with Crippen LogP contribution >= 0.6 is 0 Å². The van der Waals surface area contributed by atoms with Gasteiger partial charge in [-0.05, 0) is 45.1 Å². The Kier molecular flexibility index (Phi) is 4.70. The van der Waals surface area contributed by atoms with Crippen LogP contribution in [0, 0.1) is 5.92 Å². The fourth-order valence-corrected chi connectivity index (χ4v) is 1.85. The minimum absolute atomic E-state index is 0.0620. The second-order valence-electron chi connectivity index (χ2n) is 4.18. The summed E-state index contributed by atoms with van der Waals surface area (Å²) in [6.07, 6.45) is 3.81. The Bertz CT molecular complexity index is 131. The van der Waals surface area contributed by atoms with Gasteiger partial charge in [-0.15, -0.1) is 0 Å². The normalized spacial score (nSPS) is 31.6. The molecule has 3 heteroatoms. The Balaban J connectivity index is 2.02. The zero-order chi connectivity index (χ0) is 9.68. The van der Waals surface area contributed by atoms with Gasteiger partial charge in [-0.25, -0.2) is 0 Å². The molecule has 1 atom stereocenters. The van der Waals surface area contributed by atoms with E-state index in [1.165, 1.54) is 0 Å². The van der Waals surface area contributed by atoms with Crippen LogP contribution in [0.5, 0.6) is 0 Å². The molecule has 0 bridgehead atoms. The summed E-state index contributed by atoms with van der Waals surface area (Å²) >= 11 is 0. The van der Waals surface area contributed by atoms with Crippen LogP contribution in [0.25, 0.3) is 0 Å². The quantitative estimate of drug-likeness (QED) is 0.601. The van der Waals surface area contributed by atoms with Crippen molar-refractivity contribution in [3.05, 3.63) is 0 Å². The second-order valence-corrected chi connectivity index (χ2v) is 4.18. The van der Waals surface area contributed by atoms with E-state index in [0.29, 0.717) is 12.5 Å². The largest absolute Gasteiger partial charge is 0.393 e. The van der Waals surface area contributed by atoms with Crippen LogP contribution in [-0.2, 0) is 0 Å². The molecule has 1 fully saturated rings. The molecule has 1 rings (SSSR count). The van der Waals surface area contributed by atoms with E-state index in [-0.39, 0.29) is 12.2 Å². The summed E-state index contributed by atoms with van der Waals surface area (Å²) in [7, 11) is 0. The maximum atomic E-state index is 9.28. The number of hydrogen-bond acceptors (Lipinski definition) is 3. The smallest absolute Gasteiger partial charge is 0.0636 e. The SMILES string of the molecule is C[C@@H](O)CNCC1CCC(O)CC1. The average Bonchev–Trinajstić information content (AvgIpc) is 2.08. The van der Waals surface area contributed by atoms with Crippen LogP contribution in [0.2, 0.25) is 0 Å². The number of aliphatic hydroxyl groups is 2. The van der Waals surface area contributed by atoms with Crippen molar-refractivity contribution in [2.45, 2.75) is 44.8 Å². The zero-order valence-electron chi connectivity index (χ0n) is 8.37. The lowest BCUT2D eigenvalue weighted by molar-refractivity contribution is 0.106. The Hall–Kier alpha value is -0.120. The fraction of sp³-hybridized carbons (Fsp3) is 1.00. The molecule has 0 aliphatic heterocycles. The summed E-state index contributed by atoms with van der Waals surface area (Å²) < 4.78 is 0. The average molecular weight is 187 g/mol. The van der Waals surface area contributed by atoms with E-state index in [0.717, 1.165) is 32.2 Å². The van der Waals surface area contributed by atoms with E-state index < -0.39 is 0 Å². The Labute approximate surface area is 80.2 Å². The molecule has 1 aliphatic rings. The molecule has 0 aromatic heterocycles. The third-order valence-corrected chi connectivity index (χ3v) is 2.69. The highest BCUT2D eigenvalue weighted by Gasteiger charge is 2.18. The molecule has 0 spiro atoms. The van der Waals surface area contributed by atoms with Gasteiger partial charge in [0.05, 0.1) is 12.2 Å². The standard InChI is InChI=1S/C10H21NO2/c1-8(12)6-11-7-9-2-4-10(13)5-3-9/h8-13H,2-7H2,1H3/t8-,9?,10?/m1/s1. The first-order chi connectivity index (χ1) is 6.18. The van der Waals surface area contributed by atoms with Crippen LogP contribution in [0.3, 0.4) is 0 Å². The summed E-state index contributed by atoms with van der Waals surface area (Å²) in [5, 5.41) is 21.5. The van der Waals surface area contributed by atoms with Crippen molar-refractivity contribution in [1.29, 1.82) is 0 Å². The fourth-order valence-electron chi connectivity index (χ4n) is 1.85. The monoisotopic (exact) mass is 187 g/mol. The third kappa shape index (κ3) is 4.60. The second kappa shape index (κ2) is 5.58. The lowest BCUT2D eigenvalue weighted by Gasteiger charge is -2.25. The van der Waals surface area contributed by atoms with Gasteiger partial charge in [-0.2, -0.15) is 0 Å². The highest BCUT2D eigenvalue weighted by molar-refractivity contribution is 4.73. The molecule has 3 nitrogen and oxygen atoms in total. The minimum Gasteiger partial charge on any atom is -0.393 e. The molecule has 0 radical (unpaired) electrons. The van der Waals surface area contributed by atoms with Crippen molar-refractivity contribution >= 4 is 0 Å². The number of hydrogen-bond donors (Lipinski definition) is 3. The lowest BCUT2D eigenvalue weighted by atomic mass is 9.87. The molecule has 1 aliphatic carbocycles. The molecule has 78 valence electrons. The summed E-state index contributed by atoms with van der Waals surface area (Å²) in [5.41, 5.74) is 0. The van der Waals surface area contributed by atoms with E-state index in [1.54, 1.807) is 6.92 Å². The van der Waals surface area contributed by atoms with Crippen molar-refractivity contribution < 1.29 is 10.2 Å². The number of nitrogens with one attached hydrogen (secondary N) is 1. The summed E-state index contributed by atoms with van der Waals surface area (Å²) in [4.78, 5) is 0. The molecule has 3 N–H and O–H groups in total. The van der Waals surface area contributed by atoms with Crippen LogP contribution in [0.4, 0.5) is 0 Å². The van der Waals surface area contributed by atoms with Gasteiger partial charge in [0.15, 0.2) is 0 Å². The van der Waals surface area contributed by atoms with E-state index in [1.807, 2.05) is 0 Å². The predicted octanol–water partition coefficient (Wildman–Crippen LogP) is 0.508. The van der Waals surface area contributed by atoms with Crippen LogP contribution < -0.4 is 5.32 Å². The van der Waals surface area contributed by atoms with Crippen molar-refractivity contribution in [2.75, 3.05) is 13.1 Å². The van der Waals surface area contributed by atoms with Crippen molar-refractivity contribution in [2.24, 2.45) is 5.92 Å². The Morgan fingerprint density at radius 3 is 2.46 bits per heavy atom. The summed E-state index contributed by atoms with van der Waals surface area (Å²) in [6.45, 7) is 3.45. The van der Waals surface area contributed by atoms with Gasteiger partial charge < -0.3 is 15.5 Å². The Morgan fingerprint density at radius 1 is 1.31 bits per heavy atom. The molecule has 0 aromatic carbocycles. The van der Waals surface area contributed by atoms with Gasteiger partial charge in [-0.1, -0.05) is 0 Å². The molecule has 0 unspecified atom stereocenters. The predicted molar refractivity (Wildman–Crippen MR) is 52.5 cm³/mol. The molecule has 0 aromatic rings. The van der Waals surface area contributed by atoms with Crippen LogP contribution in [0.1, 0.15) is 32.6 Å². The van der Waals surface area contributed by atoms with Gasteiger partial charge in [0.1, 0.15) is 0 Å². The van der Waals surface area contributed by atoms with Crippen molar-refractivity contribution in [3.63, 3.8) is 0 Å². The lowest BCUT2D eigenvalue weighted by Crippen LogP contribution is -2.32. The molecule has 1 saturated carbocycles. The van der Waals surface area contributed by atoms with Crippen LogP contribution in [-0.4, -0.2) is 35.5 Å². The first-order valence-electron chi connectivity index (χ1n) is 5.25. The number of rotatable bonds is 4. The van der Waals surface area contributed by atoms with E-state index in [9.17, 15) is 5.11 Å². The van der Waals surface area contributed by atoms with Gasteiger partial charge in [0.25, 0.3) is 0 Å². The van der Waals surface area contributed by atoms with Gasteiger partial charge in [0.2, 0.25) is 0 Å². The van der Waals surface area contributed by atoms with Gasteiger partial charge in [-0.3, -0.25) is 0 Å². The molecule has 0 saturated heterocycles. The van der Waals surface area contributed by atoms with E-state index >= 15 is 0 Å². The minimum atomic E-state index is -0.255. The first kappa shape index (κ1) is 11.0. The third-order valence-electron chi connectivity index (χ3n) is 2.69. The topological polar surface area (TPSA) is 52.5 Å². The maximum Gasteiger partial charge on any atom is 0.0636 e. The number of aliphatic hydroxyl groups excluding tert-OH is 2. The maximum absolute atomic E-state index is 9.28. The molecule has 13 heavy (non-hydrogen) atoms. The summed E-state index contributed by atoms with van der Waals surface area (Å²) in [5.74, 6) is 0.696. The zero-order valence-corrected chi connectivity index (χ0v) is 8.37. The van der Waals surface area contributed by atoms with Crippen LogP contribution in [0.15, 0.2) is 0 Å². The van der Waals surface area contributed by atoms with E-state index in [4.69, 9.17) is 5.11 Å². The molecular formula is C10H21NO2. The highest BCUT2D eigenvalue weighted by atomic mass is 16.3. The molecule has 0 amide bonds. The van der Waals surface area contributed by atoms with E-state index in [2.05, 4.69) is 5.32 Å². The van der Waals surface area contributed by atoms with Gasteiger partial charge in [0, 0.05) is 6.54 Å². The van der Waals surface area contributed by atoms with Gasteiger partial charge >= 0.3 is 0 Å². The van der Waals surface area contributed by atoms with Crippen molar-refractivity contribution in [1.82, 2.24) is 5.32 Å². The first-order valence-corrected chi connectivity index (χ1v) is 5.25. The highest BCUT2D eigenvalue weighted by Crippen LogP contribution is 2.23. The Morgan fingerprint density at radius 2 is 1.92 bits per heavy atom. The molecule has 0 heterocycles. The van der Waals surface area contributed by atoms with Crippen molar-refractivity contribution in [3.8, 4) is 0 Å². The molecular weight excluding hydrogens is 166 g/mol.